The molecule has 0 aliphatic heterocycles. The first kappa shape index (κ1) is 19.9. The van der Waals surface area contributed by atoms with Crippen molar-refractivity contribution >= 4 is 7.28 Å². The van der Waals surface area contributed by atoms with Crippen LogP contribution in [-0.2, 0) is 6.16 Å². The zero-order chi connectivity index (χ0) is 17.9. The van der Waals surface area contributed by atoms with Gasteiger partial charge in [-0.3, -0.25) is 0 Å². The van der Waals surface area contributed by atoms with Gasteiger partial charge >= 0.3 is 136 Å². The third-order valence-corrected chi connectivity index (χ3v) is 5.75. The zero-order valence-electron chi connectivity index (χ0n) is 14.0. The number of benzene rings is 1. The molecule has 3 N–H and O–H groups in total. The van der Waals surface area contributed by atoms with Crippen LogP contribution in [0.1, 0.15) is 33.3 Å². The Balaban J connectivity index is 3.07. The Labute approximate surface area is 136 Å². The summed E-state index contributed by atoms with van der Waals surface area (Å²) in [6.45, 7) is 7.20. The molecule has 0 saturated carbocycles. The fourth-order valence-corrected chi connectivity index (χ4v) is 4.99. The molecule has 8 heteroatoms. The Morgan fingerprint density at radius 2 is 1.57 bits per heavy atom. The molecule has 1 aromatic rings. The Morgan fingerprint density at radius 1 is 1.09 bits per heavy atom. The number of nitrogens with zero attached hydrogens (tertiary/aromatic N) is 2. The van der Waals surface area contributed by atoms with Crippen molar-refractivity contribution in [3.63, 3.8) is 0 Å². The van der Waals surface area contributed by atoms with Gasteiger partial charge in [0.1, 0.15) is 0 Å². The van der Waals surface area contributed by atoms with Gasteiger partial charge in [-0.15, -0.1) is 0 Å². The summed E-state index contributed by atoms with van der Waals surface area (Å²) >= 11 is 0. The van der Waals surface area contributed by atoms with Crippen LogP contribution in [0.15, 0.2) is 30.3 Å². The summed E-state index contributed by atoms with van der Waals surface area (Å²) in [5.74, 6) is 0. The van der Waals surface area contributed by atoms with Crippen LogP contribution in [0.3, 0.4) is 0 Å². The Morgan fingerprint density at radius 3 is 1.96 bits per heavy atom. The van der Waals surface area contributed by atoms with E-state index in [2.05, 4.69) is 0 Å². The van der Waals surface area contributed by atoms with Crippen LogP contribution < -0.4 is 0 Å². The van der Waals surface area contributed by atoms with E-state index in [1.807, 2.05) is 0 Å². The fourth-order valence-electron chi connectivity index (χ4n) is 2.91. The standard InChI is InChI=1S/C15H27N2O5P/c1-12(2)16(13(3)4)15(17(18)19)11-23(20,21,22)10-14-8-6-5-7-9-14/h5-9,12-13,15,20-22H,10-11H2,1-4H3. The van der Waals surface area contributed by atoms with Crippen LogP contribution in [-0.4, -0.2) is 48.9 Å². The maximum atomic E-state index is 11.5. The summed E-state index contributed by atoms with van der Waals surface area (Å²) < 4.78 is 0. The summed E-state index contributed by atoms with van der Waals surface area (Å²) in [5.41, 5.74) is 0.528. The van der Waals surface area contributed by atoms with Gasteiger partial charge in [0.2, 0.25) is 0 Å². The minimum atomic E-state index is -5.19. The monoisotopic (exact) mass is 346 g/mol. The molecule has 1 atom stereocenters. The molecule has 0 saturated heterocycles. The van der Waals surface area contributed by atoms with Crippen LogP contribution in [0.5, 0.6) is 0 Å². The molecule has 0 amide bonds. The third-order valence-electron chi connectivity index (χ3n) is 3.67. The second-order valence-corrected chi connectivity index (χ2v) is 9.93. The van der Waals surface area contributed by atoms with E-state index in [0.717, 1.165) is 0 Å². The molecule has 1 rings (SSSR count). The Hall–Kier alpha value is -1.11. The maximum absolute atomic E-state index is 11.5. The summed E-state index contributed by atoms with van der Waals surface area (Å²) in [7, 11) is -5.19. The molecular formula is C15H27N2O5P. The number of hydrogen-bond donors (Lipinski definition) is 3. The molecule has 0 radical (unpaired) electrons. The van der Waals surface area contributed by atoms with Gasteiger partial charge < -0.3 is 0 Å². The van der Waals surface area contributed by atoms with Gasteiger partial charge in [-0.25, -0.2) is 0 Å². The third kappa shape index (κ3) is 6.12. The van der Waals surface area contributed by atoms with E-state index >= 15 is 0 Å². The van der Waals surface area contributed by atoms with Gasteiger partial charge in [0.25, 0.3) is 0 Å². The average molecular weight is 346 g/mol. The Kier molecular flexibility index (Phi) is 6.24. The van der Waals surface area contributed by atoms with Crippen LogP contribution in [0.25, 0.3) is 0 Å². The van der Waals surface area contributed by atoms with Crippen molar-refractivity contribution in [3.8, 4) is 0 Å². The molecule has 1 aromatic carbocycles. The van der Waals surface area contributed by atoms with Gasteiger partial charge in [0, 0.05) is 0 Å². The summed E-state index contributed by atoms with van der Waals surface area (Å²) in [6, 6.07) is 8.14. The van der Waals surface area contributed by atoms with E-state index in [4.69, 9.17) is 0 Å². The first-order valence-corrected chi connectivity index (χ1v) is 10.1. The quantitative estimate of drug-likeness (QED) is 0.288. The van der Waals surface area contributed by atoms with Crippen LogP contribution in [0.2, 0.25) is 0 Å². The van der Waals surface area contributed by atoms with Gasteiger partial charge in [-0.05, 0) is 0 Å². The SMILES string of the molecule is CC(C)N(C(C)C)C(CP(O)(O)(O)Cc1ccccc1)[N+](=O)[O-]. The van der Waals surface area contributed by atoms with Gasteiger partial charge in [0.05, 0.1) is 0 Å². The Bertz CT molecular complexity index is 520. The number of nitro groups is 1. The summed E-state index contributed by atoms with van der Waals surface area (Å²) in [6.07, 6.45) is -2.44. The molecule has 0 spiro atoms. The van der Waals surface area contributed by atoms with E-state index < -0.39 is 24.5 Å². The summed E-state index contributed by atoms with van der Waals surface area (Å²) in [4.78, 5) is 43.6. The predicted octanol–water partition coefficient (Wildman–Crippen LogP) is 2.18. The van der Waals surface area contributed by atoms with Crippen LogP contribution >= 0.6 is 7.28 Å². The van der Waals surface area contributed by atoms with Crippen LogP contribution in [0, 0.1) is 10.1 Å². The molecule has 0 bridgehead atoms. The van der Waals surface area contributed by atoms with Crippen molar-refractivity contribution in [2.45, 2.75) is 52.1 Å². The molecule has 23 heavy (non-hydrogen) atoms. The molecular weight excluding hydrogens is 319 g/mol. The topological polar surface area (TPSA) is 107 Å². The van der Waals surface area contributed by atoms with E-state index in [1.165, 1.54) is 0 Å². The summed E-state index contributed by atoms with van der Waals surface area (Å²) in [5, 5.41) is 11.5. The predicted molar refractivity (Wildman–Crippen MR) is 91.5 cm³/mol. The molecule has 7 nitrogen and oxygen atoms in total. The molecule has 132 valence electrons. The first-order valence-electron chi connectivity index (χ1n) is 7.61. The van der Waals surface area contributed by atoms with Crippen LogP contribution in [0.4, 0.5) is 0 Å². The number of hydrogen-bond acceptors (Lipinski definition) is 6. The molecule has 1 unspecified atom stereocenters. The molecule has 0 aliphatic carbocycles. The van der Waals surface area contributed by atoms with E-state index in [1.54, 1.807) is 62.9 Å². The molecule has 0 fully saturated rings. The van der Waals surface area contributed by atoms with Crippen molar-refractivity contribution in [2.75, 3.05) is 6.16 Å². The van der Waals surface area contributed by atoms with E-state index in [-0.39, 0.29) is 18.2 Å². The number of rotatable bonds is 8. The van der Waals surface area contributed by atoms with Crippen molar-refractivity contribution in [3.05, 3.63) is 46.0 Å². The van der Waals surface area contributed by atoms with Crippen molar-refractivity contribution < 1.29 is 19.6 Å². The molecule has 0 aromatic heterocycles. The van der Waals surface area contributed by atoms with Gasteiger partial charge in [-0.1, -0.05) is 0 Å². The zero-order valence-corrected chi connectivity index (χ0v) is 14.9. The average Bonchev–Trinajstić information content (AvgIpc) is 2.36. The normalized spacial score (nSPS) is 15.7. The van der Waals surface area contributed by atoms with E-state index in [9.17, 15) is 24.8 Å². The minimum absolute atomic E-state index is 0.172. The van der Waals surface area contributed by atoms with E-state index in [0.29, 0.717) is 5.56 Å². The van der Waals surface area contributed by atoms with Crippen molar-refractivity contribution in [1.82, 2.24) is 4.90 Å². The van der Waals surface area contributed by atoms with Gasteiger partial charge in [-0.2, -0.15) is 0 Å². The van der Waals surface area contributed by atoms with Crippen molar-refractivity contribution in [1.29, 1.82) is 0 Å². The first-order chi connectivity index (χ1) is 10.4. The molecule has 0 aliphatic rings. The second-order valence-electron chi connectivity index (χ2n) is 6.57. The fraction of sp³-hybridized carbons (Fsp3) is 0.600. The second kappa shape index (κ2) is 7.20. The van der Waals surface area contributed by atoms with Crippen molar-refractivity contribution in [2.24, 2.45) is 0 Å². The van der Waals surface area contributed by atoms with Gasteiger partial charge in [0.15, 0.2) is 0 Å². The molecule has 0 heterocycles.